The number of ether oxygens (including phenoxy) is 1. The number of esters is 1. The maximum Gasteiger partial charge on any atom is 0.341 e. The second-order valence-corrected chi connectivity index (χ2v) is 9.44. The molecule has 0 aliphatic heterocycles. The van der Waals surface area contributed by atoms with E-state index in [1.807, 2.05) is 61.7 Å². The molecular formula is C23H29N5O3S2. The van der Waals surface area contributed by atoms with Gasteiger partial charge in [-0.3, -0.25) is 4.79 Å². The van der Waals surface area contributed by atoms with Crippen LogP contribution in [0.2, 0.25) is 0 Å². The van der Waals surface area contributed by atoms with Crippen molar-refractivity contribution >= 4 is 45.7 Å². The Morgan fingerprint density at radius 2 is 1.88 bits per heavy atom. The number of amides is 1. The summed E-state index contributed by atoms with van der Waals surface area (Å²) >= 11 is 2.71. The van der Waals surface area contributed by atoms with Gasteiger partial charge in [0.25, 0.3) is 0 Å². The number of benzene rings is 1. The van der Waals surface area contributed by atoms with Crippen LogP contribution in [-0.2, 0) is 22.5 Å². The van der Waals surface area contributed by atoms with Gasteiger partial charge in [0, 0.05) is 36.8 Å². The van der Waals surface area contributed by atoms with Gasteiger partial charge in [-0.05, 0) is 50.6 Å². The zero-order chi connectivity index (χ0) is 24.0. The number of carbonyl (C=O) groups excluding carboxylic acids is 2. The first-order valence-corrected chi connectivity index (χ1v) is 12.6. The van der Waals surface area contributed by atoms with Crippen molar-refractivity contribution in [1.29, 1.82) is 0 Å². The minimum absolute atomic E-state index is 0.152. The van der Waals surface area contributed by atoms with Crippen molar-refractivity contribution in [3.8, 4) is 11.4 Å². The van der Waals surface area contributed by atoms with Crippen molar-refractivity contribution < 1.29 is 14.3 Å². The molecule has 176 valence electrons. The van der Waals surface area contributed by atoms with Crippen molar-refractivity contribution in [2.24, 2.45) is 0 Å². The maximum atomic E-state index is 12.7. The van der Waals surface area contributed by atoms with E-state index in [-0.39, 0.29) is 18.3 Å². The lowest BCUT2D eigenvalue weighted by atomic mass is 10.2. The number of aromatic nitrogens is 3. The highest BCUT2D eigenvalue weighted by atomic mass is 32.2. The van der Waals surface area contributed by atoms with Crippen LogP contribution in [0.1, 0.15) is 36.0 Å². The number of thioether (sulfide) groups is 1. The van der Waals surface area contributed by atoms with Crippen LogP contribution >= 0.6 is 23.1 Å². The van der Waals surface area contributed by atoms with Gasteiger partial charge in [-0.15, -0.1) is 21.5 Å². The first-order chi connectivity index (χ1) is 15.9. The molecule has 3 aromatic rings. The molecule has 2 heterocycles. The van der Waals surface area contributed by atoms with Crippen LogP contribution in [0.4, 0.5) is 10.7 Å². The summed E-state index contributed by atoms with van der Waals surface area (Å²) in [6.07, 6.45) is 0.777. The number of carbonyl (C=O) groups is 2. The highest BCUT2D eigenvalue weighted by Crippen LogP contribution is 2.30. The van der Waals surface area contributed by atoms with Gasteiger partial charge in [0.1, 0.15) is 5.00 Å². The molecule has 0 unspecified atom stereocenters. The van der Waals surface area contributed by atoms with Gasteiger partial charge in [0.2, 0.25) is 5.91 Å². The van der Waals surface area contributed by atoms with Gasteiger partial charge >= 0.3 is 5.97 Å². The lowest BCUT2D eigenvalue weighted by molar-refractivity contribution is -0.113. The third-order valence-electron chi connectivity index (χ3n) is 4.89. The minimum Gasteiger partial charge on any atom is -0.462 e. The normalized spacial score (nSPS) is 10.8. The van der Waals surface area contributed by atoms with Gasteiger partial charge < -0.3 is 19.5 Å². The highest BCUT2D eigenvalue weighted by molar-refractivity contribution is 7.99. The molecular weight excluding hydrogens is 458 g/mol. The Labute approximate surface area is 202 Å². The Morgan fingerprint density at radius 1 is 1.15 bits per heavy atom. The van der Waals surface area contributed by atoms with Gasteiger partial charge in [-0.25, -0.2) is 4.79 Å². The smallest absolute Gasteiger partial charge is 0.341 e. The molecule has 0 fully saturated rings. The second kappa shape index (κ2) is 11.3. The van der Waals surface area contributed by atoms with E-state index in [9.17, 15) is 9.59 Å². The predicted molar refractivity (Wildman–Crippen MR) is 134 cm³/mol. The molecule has 0 spiro atoms. The molecule has 0 saturated heterocycles. The molecule has 0 aliphatic rings. The molecule has 8 nitrogen and oxygen atoms in total. The van der Waals surface area contributed by atoms with Crippen molar-refractivity contribution in [1.82, 2.24) is 14.8 Å². The van der Waals surface area contributed by atoms with Crippen molar-refractivity contribution in [3.63, 3.8) is 0 Å². The number of aryl methyl sites for hydroxylation is 1. The van der Waals surface area contributed by atoms with Crippen LogP contribution in [-0.4, -0.2) is 53.1 Å². The van der Waals surface area contributed by atoms with Crippen molar-refractivity contribution in [3.05, 3.63) is 40.8 Å². The van der Waals surface area contributed by atoms with E-state index in [4.69, 9.17) is 4.74 Å². The average Bonchev–Trinajstić information content (AvgIpc) is 3.41. The summed E-state index contributed by atoms with van der Waals surface area (Å²) in [5, 5.41) is 12.7. The molecule has 1 aromatic carbocycles. The number of thiophene rings is 1. The molecule has 0 atom stereocenters. The van der Waals surface area contributed by atoms with Crippen LogP contribution in [0.5, 0.6) is 0 Å². The molecule has 33 heavy (non-hydrogen) atoms. The van der Waals surface area contributed by atoms with E-state index >= 15 is 0 Å². The Morgan fingerprint density at radius 3 is 2.48 bits per heavy atom. The van der Waals surface area contributed by atoms with E-state index in [1.165, 1.54) is 23.1 Å². The number of rotatable bonds is 10. The lowest BCUT2D eigenvalue weighted by Gasteiger charge is -2.13. The summed E-state index contributed by atoms with van der Waals surface area (Å²) in [6, 6.07) is 9.90. The molecule has 10 heteroatoms. The molecule has 1 amide bonds. The standard InChI is InChI=1S/C23H29N5O3S2/c1-6-17-13-18(22(30)31-8-3)21(33-17)24-19(29)14-32-23-26-25-20(28(23)7-2)15-9-11-16(12-10-15)27(4)5/h9-13H,6-8,14H2,1-5H3,(H,24,29). The van der Waals surface area contributed by atoms with E-state index in [1.54, 1.807) is 13.0 Å². The Bertz CT molecular complexity index is 1110. The third-order valence-corrected chi connectivity index (χ3v) is 7.05. The monoisotopic (exact) mass is 487 g/mol. The average molecular weight is 488 g/mol. The highest BCUT2D eigenvalue weighted by Gasteiger charge is 2.20. The summed E-state index contributed by atoms with van der Waals surface area (Å²) < 4.78 is 7.11. The molecule has 0 saturated carbocycles. The molecule has 0 aliphatic carbocycles. The number of nitrogens with one attached hydrogen (secondary N) is 1. The lowest BCUT2D eigenvalue weighted by Crippen LogP contribution is -2.16. The van der Waals surface area contributed by atoms with Gasteiger partial charge in [-0.1, -0.05) is 18.7 Å². The number of hydrogen-bond donors (Lipinski definition) is 1. The maximum absolute atomic E-state index is 12.7. The van der Waals surface area contributed by atoms with Gasteiger partial charge in [-0.2, -0.15) is 0 Å². The topological polar surface area (TPSA) is 89.3 Å². The van der Waals surface area contributed by atoms with E-state index in [0.29, 0.717) is 22.3 Å². The summed E-state index contributed by atoms with van der Waals surface area (Å²) in [4.78, 5) is 27.9. The summed E-state index contributed by atoms with van der Waals surface area (Å²) in [5.74, 6) is 0.282. The van der Waals surface area contributed by atoms with Gasteiger partial charge in [0.15, 0.2) is 11.0 Å². The van der Waals surface area contributed by atoms with Crippen LogP contribution in [0.15, 0.2) is 35.5 Å². The van der Waals surface area contributed by atoms with E-state index in [0.717, 1.165) is 28.4 Å². The first kappa shape index (κ1) is 24.8. The SMILES string of the molecule is CCOC(=O)c1cc(CC)sc1NC(=O)CSc1nnc(-c2ccc(N(C)C)cc2)n1CC. The first-order valence-electron chi connectivity index (χ1n) is 10.8. The largest absolute Gasteiger partial charge is 0.462 e. The summed E-state index contributed by atoms with van der Waals surface area (Å²) in [5.41, 5.74) is 2.47. The number of nitrogens with zero attached hydrogens (tertiary/aromatic N) is 4. The van der Waals surface area contributed by atoms with Crippen LogP contribution in [0.25, 0.3) is 11.4 Å². The molecule has 0 radical (unpaired) electrons. The number of anilines is 2. The molecule has 0 bridgehead atoms. The van der Waals surface area contributed by atoms with Crippen molar-refractivity contribution in [2.45, 2.75) is 38.9 Å². The summed E-state index contributed by atoms with van der Waals surface area (Å²) in [7, 11) is 4.00. The molecule has 1 N–H and O–H groups in total. The fourth-order valence-electron chi connectivity index (χ4n) is 3.17. The number of hydrogen-bond acceptors (Lipinski definition) is 8. The van der Waals surface area contributed by atoms with E-state index < -0.39 is 5.97 Å². The summed E-state index contributed by atoms with van der Waals surface area (Å²) in [6.45, 7) is 6.75. The minimum atomic E-state index is -0.424. The second-order valence-electron chi connectivity index (χ2n) is 7.36. The predicted octanol–water partition coefficient (Wildman–Crippen LogP) is 4.56. The Hall–Kier alpha value is -2.85. The van der Waals surface area contributed by atoms with Crippen LogP contribution in [0.3, 0.4) is 0 Å². The quantitative estimate of drug-likeness (QED) is 0.331. The fourth-order valence-corrected chi connectivity index (χ4v) is 4.97. The van der Waals surface area contributed by atoms with E-state index in [2.05, 4.69) is 15.5 Å². The Balaban J connectivity index is 1.70. The Kier molecular flexibility index (Phi) is 8.51. The zero-order valence-electron chi connectivity index (χ0n) is 19.5. The van der Waals surface area contributed by atoms with Crippen LogP contribution in [0, 0.1) is 0 Å². The fraction of sp³-hybridized carbons (Fsp3) is 0.391. The molecule has 2 aromatic heterocycles. The van der Waals surface area contributed by atoms with Gasteiger partial charge in [0.05, 0.1) is 17.9 Å². The van der Waals surface area contributed by atoms with Crippen molar-refractivity contribution in [2.75, 3.05) is 36.7 Å². The molecule has 3 rings (SSSR count). The third kappa shape index (κ3) is 5.94. The van der Waals surface area contributed by atoms with Crippen LogP contribution < -0.4 is 10.2 Å². The zero-order valence-corrected chi connectivity index (χ0v) is 21.2.